The Kier molecular flexibility index (Phi) is 4.68. The van der Waals surface area contributed by atoms with Crippen molar-refractivity contribution in [3.63, 3.8) is 0 Å². The highest BCUT2D eigenvalue weighted by Crippen LogP contribution is 2.32. The van der Waals surface area contributed by atoms with Gasteiger partial charge in [0.2, 0.25) is 0 Å². The smallest absolute Gasteiger partial charge is 0.308 e. The fourth-order valence-corrected chi connectivity index (χ4v) is 3.18. The lowest BCUT2D eigenvalue weighted by atomic mass is 10.1. The van der Waals surface area contributed by atoms with Crippen LogP contribution < -0.4 is 10.6 Å². The summed E-state index contributed by atoms with van der Waals surface area (Å²) in [6.45, 7) is 6.24. The number of carbonyl (C=O) groups excluding carboxylic acids is 1. The van der Waals surface area contributed by atoms with E-state index in [1.807, 2.05) is 6.92 Å². The third-order valence-corrected chi connectivity index (χ3v) is 4.90. The fraction of sp³-hybridized carbons (Fsp3) is 0.267. The van der Waals surface area contributed by atoms with Crippen LogP contribution in [0.15, 0.2) is 24.3 Å². The van der Waals surface area contributed by atoms with Crippen LogP contribution in [0.25, 0.3) is 0 Å². The van der Waals surface area contributed by atoms with Crippen LogP contribution in [0.2, 0.25) is 5.02 Å². The molecule has 2 rings (SSSR count). The number of rotatable bonds is 3. The number of thiophene rings is 1. The Hall–Kier alpha value is -1.52. The first kappa shape index (κ1) is 14.9. The van der Waals surface area contributed by atoms with E-state index in [0.717, 1.165) is 17.0 Å². The van der Waals surface area contributed by atoms with Gasteiger partial charge in [0.15, 0.2) is 0 Å². The minimum atomic E-state index is -0.237. The van der Waals surface area contributed by atoms with Crippen molar-refractivity contribution in [3.8, 4) is 0 Å². The largest absolute Gasteiger partial charge is 0.324 e. The number of aryl methyl sites for hydroxylation is 1. The molecule has 1 heterocycles. The first-order valence-electron chi connectivity index (χ1n) is 6.43. The Morgan fingerprint density at radius 2 is 1.80 bits per heavy atom. The summed E-state index contributed by atoms with van der Waals surface area (Å²) in [6, 6.07) is 6.79. The van der Waals surface area contributed by atoms with Crippen LogP contribution in [0, 0.1) is 13.8 Å². The second-order valence-electron chi connectivity index (χ2n) is 4.54. The van der Waals surface area contributed by atoms with Crippen molar-refractivity contribution in [2.45, 2.75) is 27.2 Å². The minimum absolute atomic E-state index is 0.237. The normalized spacial score (nSPS) is 10.4. The van der Waals surface area contributed by atoms with Gasteiger partial charge in [-0.2, -0.15) is 0 Å². The maximum atomic E-state index is 12.0. The summed E-state index contributed by atoms with van der Waals surface area (Å²) in [5.74, 6) is 0. The summed E-state index contributed by atoms with van der Waals surface area (Å²) in [6.07, 6.45) is 0.984. The number of amides is 2. The molecule has 20 heavy (non-hydrogen) atoms. The van der Waals surface area contributed by atoms with Gasteiger partial charge >= 0.3 is 6.03 Å². The number of carbonyl (C=O) groups is 1. The average molecular weight is 309 g/mol. The molecule has 5 heteroatoms. The van der Waals surface area contributed by atoms with E-state index in [9.17, 15) is 4.79 Å². The zero-order chi connectivity index (χ0) is 14.7. The molecule has 0 bridgehead atoms. The van der Waals surface area contributed by atoms with Gasteiger partial charge < -0.3 is 5.32 Å². The zero-order valence-corrected chi connectivity index (χ0v) is 13.3. The molecular formula is C15H17ClN2OS. The van der Waals surface area contributed by atoms with Crippen molar-refractivity contribution in [2.75, 3.05) is 10.6 Å². The Balaban J connectivity index is 2.06. The molecule has 0 aliphatic rings. The molecule has 0 saturated heterocycles. The Morgan fingerprint density at radius 1 is 1.15 bits per heavy atom. The van der Waals surface area contributed by atoms with E-state index in [2.05, 4.69) is 24.5 Å². The van der Waals surface area contributed by atoms with E-state index >= 15 is 0 Å². The van der Waals surface area contributed by atoms with Crippen LogP contribution in [0.1, 0.15) is 22.9 Å². The van der Waals surface area contributed by atoms with Gasteiger partial charge in [-0.3, -0.25) is 5.32 Å². The fourth-order valence-electron chi connectivity index (χ4n) is 1.91. The summed E-state index contributed by atoms with van der Waals surface area (Å²) in [4.78, 5) is 13.3. The first-order chi connectivity index (χ1) is 9.51. The summed E-state index contributed by atoms with van der Waals surface area (Å²) >= 11 is 7.44. The van der Waals surface area contributed by atoms with Gasteiger partial charge in [-0.05, 0) is 55.7 Å². The predicted molar refractivity (Wildman–Crippen MR) is 87.3 cm³/mol. The predicted octanol–water partition coefficient (Wildman–Crippen LogP) is 5.22. The van der Waals surface area contributed by atoms with E-state index in [0.29, 0.717) is 10.7 Å². The highest BCUT2D eigenvalue weighted by molar-refractivity contribution is 7.16. The lowest BCUT2D eigenvalue weighted by Gasteiger charge is -2.07. The van der Waals surface area contributed by atoms with Crippen LogP contribution in [0.3, 0.4) is 0 Å². The molecule has 1 aromatic carbocycles. The summed E-state index contributed by atoms with van der Waals surface area (Å²) < 4.78 is 0. The van der Waals surface area contributed by atoms with Gasteiger partial charge in [0.05, 0.1) is 5.00 Å². The number of hydrogen-bond acceptors (Lipinski definition) is 2. The lowest BCUT2D eigenvalue weighted by molar-refractivity contribution is 0.262. The first-order valence-corrected chi connectivity index (χ1v) is 7.63. The van der Waals surface area contributed by atoms with Crippen LogP contribution in [0.4, 0.5) is 15.5 Å². The Morgan fingerprint density at radius 3 is 2.35 bits per heavy atom. The second kappa shape index (κ2) is 6.29. The van der Waals surface area contributed by atoms with E-state index < -0.39 is 0 Å². The molecule has 3 nitrogen and oxygen atoms in total. The van der Waals surface area contributed by atoms with Gasteiger partial charge in [-0.15, -0.1) is 11.3 Å². The van der Waals surface area contributed by atoms with Gasteiger partial charge in [-0.25, -0.2) is 4.79 Å². The molecule has 0 aliphatic heterocycles. The molecule has 0 unspecified atom stereocenters. The number of nitrogens with one attached hydrogen (secondary N) is 2. The average Bonchev–Trinajstić information content (AvgIpc) is 2.69. The molecule has 0 atom stereocenters. The van der Waals surface area contributed by atoms with E-state index in [4.69, 9.17) is 11.6 Å². The Bertz CT molecular complexity index is 620. The molecule has 0 aliphatic carbocycles. The van der Waals surface area contributed by atoms with Crippen molar-refractivity contribution in [2.24, 2.45) is 0 Å². The van der Waals surface area contributed by atoms with Crippen LogP contribution in [0.5, 0.6) is 0 Å². The molecule has 0 radical (unpaired) electrons. The van der Waals surface area contributed by atoms with Gasteiger partial charge in [0.1, 0.15) is 0 Å². The summed E-state index contributed by atoms with van der Waals surface area (Å²) in [5, 5.41) is 7.25. The highest BCUT2D eigenvalue weighted by Gasteiger charge is 2.12. The van der Waals surface area contributed by atoms with Crippen molar-refractivity contribution in [1.82, 2.24) is 0 Å². The zero-order valence-electron chi connectivity index (χ0n) is 11.7. The molecule has 0 spiro atoms. The molecule has 0 saturated carbocycles. The van der Waals surface area contributed by atoms with E-state index in [1.54, 1.807) is 35.6 Å². The number of halogens is 1. The molecule has 1 aromatic heterocycles. The second-order valence-corrected chi connectivity index (χ2v) is 6.09. The highest BCUT2D eigenvalue weighted by atomic mass is 35.5. The maximum Gasteiger partial charge on any atom is 0.324 e. The minimum Gasteiger partial charge on any atom is -0.308 e. The molecule has 2 amide bonds. The van der Waals surface area contributed by atoms with Crippen molar-refractivity contribution in [3.05, 3.63) is 45.3 Å². The molecular weight excluding hydrogens is 292 g/mol. The standard InChI is InChI=1S/C15H17ClN2OS/c1-4-13-9(2)10(3)14(20-13)18-15(19)17-12-7-5-11(16)6-8-12/h5-8H,4H2,1-3H3,(H2,17,18,19). The summed E-state index contributed by atoms with van der Waals surface area (Å²) in [7, 11) is 0. The van der Waals surface area contributed by atoms with Crippen LogP contribution in [-0.2, 0) is 6.42 Å². The monoisotopic (exact) mass is 308 g/mol. The SMILES string of the molecule is CCc1sc(NC(=O)Nc2ccc(Cl)cc2)c(C)c1C. The molecule has 0 fully saturated rings. The topological polar surface area (TPSA) is 41.1 Å². The quantitative estimate of drug-likeness (QED) is 0.801. The van der Waals surface area contributed by atoms with Crippen molar-refractivity contribution >= 4 is 39.7 Å². The van der Waals surface area contributed by atoms with Gasteiger partial charge in [0, 0.05) is 15.6 Å². The van der Waals surface area contributed by atoms with Crippen LogP contribution in [-0.4, -0.2) is 6.03 Å². The number of urea groups is 1. The lowest BCUT2D eigenvalue weighted by Crippen LogP contribution is -2.19. The molecule has 2 aromatic rings. The van der Waals surface area contributed by atoms with E-state index in [1.165, 1.54) is 10.4 Å². The summed E-state index contributed by atoms with van der Waals surface area (Å²) in [5.41, 5.74) is 3.12. The maximum absolute atomic E-state index is 12.0. The van der Waals surface area contributed by atoms with Crippen LogP contribution >= 0.6 is 22.9 Å². The molecule has 106 valence electrons. The van der Waals surface area contributed by atoms with Crippen molar-refractivity contribution in [1.29, 1.82) is 0 Å². The third kappa shape index (κ3) is 3.32. The van der Waals surface area contributed by atoms with E-state index in [-0.39, 0.29) is 6.03 Å². The number of hydrogen-bond donors (Lipinski definition) is 2. The Labute approximate surface area is 128 Å². The third-order valence-electron chi connectivity index (χ3n) is 3.20. The number of anilines is 2. The molecule has 2 N–H and O–H groups in total. The van der Waals surface area contributed by atoms with Gasteiger partial charge in [0.25, 0.3) is 0 Å². The number of benzene rings is 1. The van der Waals surface area contributed by atoms with Gasteiger partial charge in [-0.1, -0.05) is 18.5 Å². The van der Waals surface area contributed by atoms with Crippen molar-refractivity contribution < 1.29 is 4.79 Å².